The monoisotopic (exact) mass is 616 g/mol. The zero-order valence-electron chi connectivity index (χ0n) is 27.6. The van der Waals surface area contributed by atoms with E-state index in [-0.39, 0.29) is 6.09 Å². The molecule has 7 nitrogen and oxygen atoms in total. The molecule has 1 aliphatic rings. The molecule has 0 atom stereocenters. The second-order valence-electron chi connectivity index (χ2n) is 13.3. The zero-order valence-corrected chi connectivity index (χ0v) is 27.6. The van der Waals surface area contributed by atoms with Crippen LogP contribution in [0.5, 0.6) is 5.75 Å². The van der Waals surface area contributed by atoms with Crippen molar-refractivity contribution in [1.82, 2.24) is 19.6 Å². The lowest BCUT2D eigenvalue weighted by Gasteiger charge is -2.29. The van der Waals surface area contributed by atoms with Gasteiger partial charge in [-0.05, 0) is 112 Å². The van der Waals surface area contributed by atoms with Crippen LogP contribution in [0.15, 0.2) is 91.0 Å². The summed E-state index contributed by atoms with van der Waals surface area (Å²) in [7, 11) is 4.20. The molecule has 0 spiro atoms. The van der Waals surface area contributed by atoms with Gasteiger partial charge in [0.1, 0.15) is 18.0 Å². The number of carbonyl (C=O) groups excluding carboxylic acids is 1. The van der Waals surface area contributed by atoms with Gasteiger partial charge < -0.3 is 19.3 Å². The standard InChI is InChI=1S/C39H44N4O3/c1-39(2,3)46-38(44)42-22-18-29(19-23-42)37-34-17-16-31(25-36(34)40-43(37)21-11-20-41(4)5)35-26-32(24-30-14-9-10-15-33(30)35)45-27-28-12-7-6-8-13-28/h6-10,12-18,24-26H,11,19-23,27H2,1-5H3. The Morgan fingerprint density at radius 1 is 0.935 bits per heavy atom. The highest BCUT2D eigenvalue weighted by Crippen LogP contribution is 2.37. The summed E-state index contributed by atoms with van der Waals surface area (Å²) in [6.07, 6.45) is 3.64. The van der Waals surface area contributed by atoms with Crippen LogP contribution in [0.2, 0.25) is 0 Å². The highest BCUT2D eigenvalue weighted by Gasteiger charge is 2.26. The summed E-state index contributed by atoms with van der Waals surface area (Å²) in [6.45, 7) is 9.15. The third-order valence-corrected chi connectivity index (χ3v) is 8.27. The number of nitrogens with zero attached hydrogens (tertiary/aromatic N) is 4. The lowest BCUT2D eigenvalue weighted by atomic mass is 9.95. The molecule has 46 heavy (non-hydrogen) atoms. The van der Waals surface area contributed by atoms with E-state index >= 15 is 0 Å². The summed E-state index contributed by atoms with van der Waals surface area (Å²) in [5.41, 5.74) is 6.18. The van der Waals surface area contributed by atoms with Gasteiger partial charge in [0.25, 0.3) is 0 Å². The van der Waals surface area contributed by atoms with Crippen molar-refractivity contribution in [2.75, 3.05) is 33.7 Å². The molecule has 0 unspecified atom stereocenters. The van der Waals surface area contributed by atoms with E-state index in [0.29, 0.717) is 19.7 Å². The van der Waals surface area contributed by atoms with Crippen LogP contribution in [-0.4, -0.2) is 65.0 Å². The first-order chi connectivity index (χ1) is 22.1. The predicted octanol–water partition coefficient (Wildman–Crippen LogP) is 8.41. The fourth-order valence-corrected chi connectivity index (χ4v) is 6.06. The van der Waals surface area contributed by atoms with Gasteiger partial charge in [-0.25, -0.2) is 4.79 Å². The molecule has 5 aromatic rings. The first-order valence-corrected chi connectivity index (χ1v) is 16.2. The highest BCUT2D eigenvalue weighted by atomic mass is 16.6. The number of aromatic nitrogens is 2. The van der Waals surface area contributed by atoms with Crippen LogP contribution in [0.1, 0.15) is 44.9 Å². The molecule has 0 fully saturated rings. The van der Waals surface area contributed by atoms with Crippen molar-refractivity contribution in [3.05, 3.63) is 102 Å². The van der Waals surface area contributed by atoms with Crippen molar-refractivity contribution < 1.29 is 14.3 Å². The zero-order chi connectivity index (χ0) is 32.3. The van der Waals surface area contributed by atoms with Gasteiger partial charge in [0.2, 0.25) is 0 Å². The molecular weight excluding hydrogens is 572 g/mol. The number of hydrogen-bond acceptors (Lipinski definition) is 5. The maximum absolute atomic E-state index is 12.7. The summed E-state index contributed by atoms with van der Waals surface area (Å²) < 4.78 is 14.1. The van der Waals surface area contributed by atoms with Crippen LogP contribution >= 0.6 is 0 Å². The van der Waals surface area contributed by atoms with Crippen molar-refractivity contribution in [2.45, 2.75) is 52.4 Å². The molecule has 0 saturated heterocycles. The largest absolute Gasteiger partial charge is 0.489 e. The molecule has 2 heterocycles. The smallest absolute Gasteiger partial charge is 0.410 e. The summed E-state index contributed by atoms with van der Waals surface area (Å²) in [6, 6.07) is 29.6. The van der Waals surface area contributed by atoms with E-state index in [1.54, 1.807) is 4.90 Å². The Morgan fingerprint density at radius 3 is 2.46 bits per heavy atom. The number of carbonyl (C=O) groups is 1. The Kier molecular flexibility index (Phi) is 9.13. The molecule has 4 aromatic carbocycles. The van der Waals surface area contributed by atoms with Crippen LogP contribution < -0.4 is 4.74 Å². The second-order valence-corrected chi connectivity index (χ2v) is 13.3. The number of benzene rings is 4. The normalized spacial score (nSPS) is 13.8. The first-order valence-electron chi connectivity index (χ1n) is 16.2. The van der Waals surface area contributed by atoms with Crippen molar-refractivity contribution >= 4 is 33.3 Å². The molecule has 238 valence electrons. The van der Waals surface area contributed by atoms with Crippen LogP contribution in [0.4, 0.5) is 4.79 Å². The maximum atomic E-state index is 12.7. The van der Waals surface area contributed by atoms with E-state index in [1.807, 2.05) is 39.0 Å². The molecule has 0 radical (unpaired) electrons. The Bertz CT molecular complexity index is 1870. The Hall–Kier alpha value is -4.62. The quantitative estimate of drug-likeness (QED) is 0.166. The van der Waals surface area contributed by atoms with Crippen molar-refractivity contribution in [3.63, 3.8) is 0 Å². The molecule has 1 amide bonds. The number of hydrogen-bond donors (Lipinski definition) is 0. The summed E-state index contributed by atoms with van der Waals surface area (Å²) in [4.78, 5) is 16.7. The van der Waals surface area contributed by atoms with E-state index in [2.05, 4.69) is 96.5 Å². The first kappa shape index (κ1) is 31.4. The van der Waals surface area contributed by atoms with Crippen LogP contribution in [-0.2, 0) is 17.9 Å². The van der Waals surface area contributed by atoms with Crippen molar-refractivity contribution in [2.24, 2.45) is 0 Å². The average Bonchev–Trinajstić information content (AvgIpc) is 3.40. The summed E-state index contributed by atoms with van der Waals surface area (Å²) in [5, 5.41) is 8.62. The third kappa shape index (κ3) is 7.26. The Labute approximate surface area is 272 Å². The molecule has 0 N–H and O–H groups in total. The van der Waals surface area contributed by atoms with Gasteiger partial charge in [-0.2, -0.15) is 5.10 Å². The molecule has 7 heteroatoms. The van der Waals surface area contributed by atoms with Gasteiger partial charge in [-0.3, -0.25) is 4.68 Å². The topological polar surface area (TPSA) is 59.8 Å². The fourth-order valence-electron chi connectivity index (χ4n) is 6.06. The third-order valence-electron chi connectivity index (χ3n) is 8.27. The van der Waals surface area contributed by atoms with Gasteiger partial charge >= 0.3 is 6.09 Å². The van der Waals surface area contributed by atoms with Gasteiger partial charge in [-0.15, -0.1) is 0 Å². The molecule has 6 rings (SSSR count). The van der Waals surface area contributed by atoms with Crippen LogP contribution in [0, 0.1) is 0 Å². The summed E-state index contributed by atoms with van der Waals surface area (Å²) >= 11 is 0. The minimum atomic E-state index is -0.515. The van der Waals surface area contributed by atoms with Gasteiger partial charge in [0.15, 0.2) is 0 Å². The van der Waals surface area contributed by atoms with Crippen LogP contribution in [0.25, 0.3) is 38.4 Å². The lowest BCUT2D eigenvalue weighted by molar-refractivity contribution is 0.0270. The maximum Gasteiger partial charge on any atom is 0.410 e. The van der Waals surface area contributed by atoms with E-state index < -0.39 is 5.60 Å². The number of rotatable bonds is 9. The minimum absolute atomic E-state index is 0.265. The number of fused-ring (bicyclic) bond motifs is 2. The highest BCUT2D eigenvalue weighted by molar-refractivity contribution is 6.01. The summed E-state index contributed by atoms with van der Waals surface area (Å²) in [5.74, 6) is 0.842. The van der Waals surface area contributed by atoms with Crippen molar-refractivity contribution in [3.8, 4) is 16.9 Å². The minimum Gasteiger partial charge on any atom is -0.489 e. The molecule has 1 aliphatic heterocycles. The van der Waals surface area contributed by atoms with Gasteiger partial charge in [-0.1, -0.05) is 66.7 Å². The SMILES string of the molecule is CN(C)CCCn1nc2cc(-c3cc(OCc4ccccc4)cc4ccccc34)ccc2c1C1=CCN(C(=O)OC(C)(C)C)CC1. The Balaban J connectivity index is 1.35. The van der Waals surface area contributed by atoms with Crippen molar-refractivity contribution in [1.29, 1.82) is 0 Å². The predicted molar refractivity (Wildman–Crippen MR) is 187 cm³/mol. The fraction of sp³-hybridized carbons (Fsp3) is 0.333. The molecule has 1 aromatic heterocycles. The average molecular weight is 617 g/mol. The second kappa shape index (κ2) is 13.4. The van der Waals surface area contributed by atoms with E-state index in [1.165, 1.54) is 11.0 Å². The number of ether oxygens (including phenoxy) is 2. The molecule has 0 saturated carbocycles. The molecule has 0 bridgehead atoms. The lowest BCUT2D eigenvalue weighted by Crippen LogP contribution is -2.39. The molecular formula is C39H44N4O3. The number of amides is 1. The number of aryl methyl sites for hydroxylation is 1. The van der Waals surface area contributed by atoms with E-state index in [9.17, 15) is 4.79 Å². The van der Waals surface area contributed by atoms with Gasteiger partial charge in [0, 0.05) is 25.0 Å². The van der Waals surface area contributed by atoms with E-state index in [4.69, 9.17) is 14.6 Å². The van der Waals surface area contributed by atoms with E-state index in [0.717, 1.165) is 70.4 Å². The Morgan fingerprint density at radius 2 is 1.72 bits per heavy atom. The van der Waals surface area contributed by atoms with Gasteiger partial charge in [0.05, 0.1) is 11.2 Å². The molecule has 0 aliphatic carbocycles. The van der Waals surface area contributed by atoms with Crippen LogP contribution in [0.3, 0.4) is 0 Å².